The van der Waals surface area contributed by atoms with Gasteiger partial charge >= 0.3 is 0 Å². The van der Waals surface area contributed by atoms with Crippen molar-refractivity contribution >= 4 is 10.9 Å². The Balaban J connectivity index is 2.24. The van der Waals surface area contributed by atoms with Crippen LogP contribution in [-0.4, -0.2) is 23.7 Å². The van der Waals surface area contributed by atoms with E-state index in [4.69, 9.17) is 4.74 Å². The van der Waals surface area contributed by atoms with Gasteiger partial charge in [0.05, 0.1) is 12.2 Å². The fraction of sp³-hybridized carbons (Fsp3) is 0.412. The molecule has 4 heteroatoms. The number of nitrogens with zero attached hydrogens (tertiary/aromatic N) is 2. The molecule has 0 aliphatic rings. The van der Waals surface area contributed by atoms with E-state index in [0.29, 0.717) is 6.42 Å². The summed E-state index contributed by atoms with van der Waals surface area (Å²) in [6.45, 7) is 5.81. The van der Waals surface area contributed by atoms with Crippen LogP contribution >= 0.6 is 0 Å². The Kier molecular flexibility index (Phi) is 4.44. The summed E-state index contributed by atoms with van der Waals surface area (Å²) in [5.74, 6) is 0.764. The van der Waals surface area contributed by atoms with Crippen LogP contribution in [0.1, 0.15) is 26.0 Å². The van der Waals surface area contributed by atoms with Crippen LogP contribution in [-0.2, 0) is 0 Å². The zero-order valence-electron chi connectivity index (χ0n) is 13.0. The normalized spacial score (nSPS) is 15.2. The lowest BCUT2D eigenvalue weighted by Crippen LogP contribution is -2.41. The molecule has 4 nitrogen and oxygen atoms in total. The average molecular weight is 283 g/mol. The molecule has 0 fully saturated rings. The number of pyridine rings is 1. The minimum absolute atomic E-state index is 0.0880. The molecule has 2 unspecified atom stereocenters. The molecular weight excluding hydrogens is 262 g/mol. The molecule has 2 rings (SSSR count). The van der Waals surface area contributed by atoms with E-state index >= 15 is 0 Å². The minimum Gasteiger partial charge on any atom is -0.488 e. The van der Waals surface area contributed by atoms with Gasteiger partial charge in [-0.05, 0) is 40.0 Å². The summed E-state index contributed by atoms with van der Waals surface area (Å²) >= 11 is 0. The number of para-hydroxylation sites is 1. The summed E-state index contributed by atoms with van der Waals surface area (Å²) in [5, 5.41) is 13.3. The molecule has 2 atom stereocenters. The predicted molar refractivity (Wildman–Crippen MR) is 84.3 cm³/mol. The van der Waals surface area contributed by atoms with Gasteiger partial charge in [0.2, 0.25) is 0 Å². The van der Waals surface area contributed by atoms with E-state index in [2.05, 4.69) is 16.4 Å². The summed E-state index contributed by atoms with van der Waals surface area (Å²) in [6, 6.07) is 12.2. The molecule has 0 amide bonds. The van der Waals surface area contributed by atoms with E-state index in [0.717, 1.165) is 22.3 Å². The third-order valence-electron chi connectivity index (χ3n) is 3.64. The predicted octanol–water partition coefficient (Wildman–Crippen LogP) is 3.20. The van der Waals surface area contributed by atoms with Gasteiger partial charge in [-0.3, -0.25) is 0 Å². The van der Waals surface area contributed by atoms with E-state index in [1.807, 2.05) is 51.1 Å². The second-order valence-corrected chi connectivity index (χ2v) is 5.61. The largest absolute Gasteiger partial charge is 0.488 e. The first-order valence-electron chi connectivity index (χ1n) is 7.10. The van der Waals surface area contributed by atoms with Gasteiger partial charge in [0.25, 0.3) is 0 Å². The van der Waals surface area contributed by atoms with Gasteiger partial charge in [-0.25, -0.2) is 4.98 Å². The summed E-state index contributed by atoms with van der Waals surface area (Å²) in [7, 11) is 1.79. The highest BCUT2D eigenvalue weighted by molar-refractivity contribution is 5.84. The smallest absolute Gasteiger partial charge is 0.145 e. The van der Waals surface area contributed by atoms with Crippen molar-refractivity contribution < 1.29 is 4.74 Å². The standard InChI is InChI=1S/C17H21N3O/c1-12-8-9-14-6-5-7-15(16(14)20-12)21-13(2)10-17(3,11-18)19-4/h5-9,13,19H,10H2,1-4H3. The van der Waals surface area contributed by atoms with Gasteiger partial charge in [0, 0.05) is 17.5 Å². The molecular formula is C17H21N3O. The Morgan fingerprint density at radius 3 is 2.81 bits per heavy atom. The van der Waals surface area contributed by atoms with Crippen molar-refractivity contribution in [3.05, 3.63) is 36.0 Å². The first kappa shape index (κ1) is 15.3. The fourth-order valence-corrected chi connectivity index (χ4v) is 2.35. The molecule has 0 spiro atoms. The van der Waals surface area contributed by atoms with E-state index in [1.165, 1.54) is 0 Å². The van der Waals surface area contributed by atoms with Crippen LogP contribution < -0.4 is 10.1 Å². The summed E-state index contributed by atoms with van der Waals surface area (Å²) in [6.07, 6.45) is 0.511. The first-order valence-corrected chi connectivity index (χ1v) is 7.10. The van der Waals surface area contributed by atoms with Crippen molar-refractivity contribution in [1.29, 1.82) is 5.26 Å². The minimum atomic E-state index is -0.590. The maximum Gasteiger partial charge on any atom is 0.145 e. The molecule has 1 aromatic carbocycles. The molecule has 0 saturated heterocycles. The van der Waals surface area contributed by atoms with Crippen molar-refractivity contribution in [2.75, 3.05) is 7.05 Å². The number of hydrogen-bond donors (Lipinski definition) is 1. The lowest BCUT2D eigenvalue weighted by molar-refractivity contribution is 0.184. The topological polar surface area (TPSA) is 57.9 Å². The zero-order chi connectivity index (χ0) is 15.5. The molecule has 0 saturated carbocycles. The van der Waals surface area contributed by atoms with Crippen LogP contribution in [0.15, 0.2) is 30.3 Å². The van der Waals surface area contributed by atoms with Gasteiger partial charge in [0.1, 0.15) is 16.8 Å². The number of aryl methyl sites for hydroxylation is 1. The van der Waals surface area contributed by atoms with Crippen molar-refractivity contribution in [1.82, 2.24) is 10.3 Å². The van der Waals surface area contributed by atoms with Crippen molar-refractivity contribution in [3.8, 4) is 11.8 Å². The Hall–Kier alpha value is -2.12. The van der Waals surface area contributed by atoms with Gasteiger partial charge < -0.3 is 10.1 Å². The molecule has 0 aliphatic heterocycles. The Labute approximate surface area is 125 Å². The summed E-state index contributed by atoms with van der Waals surface area (Å²) < 4.78 is 6.03. The molecule has 110 valence electrons. The highest BCUT2D eigenvalue weighted by atomic mass is 16.5. The van der Waals surface area contributed by atoms with E-state index in [1.54, 1.807) is 7.05 Å². The second kappa shape index (κ2) is 6.11. The van der Waals surface area contributed by atoms with Crippen LogP contribution in [0.4, 0.5) is 0 Å². The lowest BCUT2D eigenvalue weighted by atomic mass is 9.97. The quantitative estimate of drug-likeness (QED) is 0.915. The number of hydrogen-bond acceptors (Lipinski definition) is 4. The fourth-order valence-electron chi connectivity index (χ4n) is 2.35. The third-order valence-corrected chi connectivity index (χ3v) is 3.64. The highest BCUT2D eigenvalue weighted by Gasteiger charge is 2.25. The first-order chi connectivity index (χ1) is 9.97. The van der Waals surface area contributed by atoms with E-state index < -0.39 is 5.54 Å². The van der Waals surface area contributed by atoms with Gasteiger partial charge in [-0.2, -0.15) is 5.26 Å². The molecule has 2 aromatic rings. The number of aromatic nitrogens is 1. The number of benzene rings is 1. The maximum atomic E-state index is 9.23. The number of ether oxygens (including phenoxy) is 1. The number of nitrogens with one attached hydrogen (secondary N) is 1. The molecule has 0 bridgehead atoms. The lowest BCUT2D eigenvalue weighted by Gasteiger charge is -2.25. The average Bonchev–Trinajstić information content (AvgIpc) is 2.47. The Bertz CT molecular complexity index is 677. The van der Waals surface area contributed by atoms with Crippen LogP contribution in [0.3, 0.4) is 0 Å². The molecule has 1 N–H and O–H groups in total. The van der Waals surface area contributed by atoms with Gasteiger partial charge in [0.15, 0.2) is 0 Å². The molecule has 21 heavy (non-hydrogen) atoms. The Morgan fingerprint density at radius 1 is 1.38 bits per heavy atom. The Morgan fingerprint density at radius 2 is 2.14 bits per heavy atom. The zero-order valence-corrected chi connectivity index (χ0v) is 13.0. The van der Waals surface area contributed by atoms with Crippen LogP contribution in [0.2, 0.25) is 0 Å². The molecule has 1 aromatic heterocycles. The van der Waals surface area contributed by atoms with Gasteiger partial charge in [-0.15, -0.1) is 0 Å². The molecule has 1 heterocycles. The number of fused-ring (bicyclic) bond motifs is 1. The number of nitriles is 1. The van der Waals surface area contributed by atoms with Crippen molar-refractivity contribution in [2.45, 2.75) is 38.8 Å². The van der Waals surface area contributed by atoms with E-state index in [9.17, 15) is 5.26 Å². The number of rotatable bonds is 5. The highest BCUT2D eigenvalue weighted by Crippen LogP contribution is 2.26. The third kappa shape index (κ3) is 3.50. The second-order valence-electron chi connectivity index (χ2n) is 5.61. The summed E-state index contributed by atoms with van der Waals surface area (Å²) in [5.41, 5.74) is 1.24. The van der Waals surface area contributed by atoms with E-state index in [-0.39, 0.29) is 6.10 Å². The molecule has 0 aliphatic carbocycles. The van der Waals surface area contributed by atoms with Crippen molar-refractivity contribution in [2.24, 2.45) is 0 Å². The SMILES string of the molecule is CNC(C)(C#N)CC(C)Oc1cccc2ccc(C)nc12. The summed E-state index contributed by atoms with van der Waals surface area (Å²) in [4.78, 5) is 4.56. The van der Waals surface area contributed by atoms with Crippen molar-refractivity contribution in [3.63, 3.8) is 0 Å². The van der Waals surface area contributed by atoms with Crippen LogP contribution in [0.25, 0.3) is 10.9 Å². The monoisotopic (exact) mass is 283 g/mol. The molecule has 0 radical (unpaired) electrons. The maximum absolute atomic E-state index is 9.23. The van der Waals surface area contributed by atoms with Gasteiger partial charge in [-0.1, -0.05) is 18.2 Å². The van der Waals surface area contributed by atoms with Crippen LogP contribution in [0.5, 0.6) is 5.75 Å². The van der Waals surface area contributed by atoms with Crippen LogP contribution in [0, 0.1) is 18.3 Å².